The smallest absolute Gasteiger partial charge is 0.253 e. The third-order valence-electron chi connectivity index (χ3n) is 6.03. The summed E-state index contributed by atoms with van der Waals surface area (Å²) in [6.45, 7) is 4.04. The fourth-order valence-corrected chi connectivity index (χ4v) is 5.75. The molecule has 1 saturated carbocycles. The van der Waals surface area contributed by atoms with E-state index < -0.39 is 16.1 Å². The molecule has 0 radical (unpaired) electrons. The molecule has 1 aliphatic heterocycles. The van der Waals surface area contributed by atoms with Gasteiger partial charge in [-0.3, -0.25) is 4.79 Å². The zero-order chi connectivity index (χ0) is 20.5. The van der Waals surface area contributed by atoms with Crippen molar-refractivity contribution in [2.24, 2.45) is 0 Å². The maximum atomic E-state index is 13.2. The number of amides is 1. The Bertz CT molecular complexity index is 819. The van der Waals surface area contributed by atoms with E-state index in [0.717, 1.165) is 19.3 Å². The summed E-state index contributed by atoms with van der Waals surface area (Å²) in [6.07, 6.45) is 2.89. The van der Waals surface area contributed by atoms with Gasteiger partial charge in [-0.15, -0.1) is 0 Å². The second kappa shape index (κ2) is 8.49. The molecule has 1 amide bonds. The van der Waals surface area contributed by atoms with E-state index >= 15 is 0 Å². The predicted octanol–water partition coefficient (Wildman–Crippen LogP) is 1.31. The summed E-state index contributed by atoms with van der Waals surface area (Å²) in [6, 6.07) is 4.64. The van der Waals surface area contributed by atoms with Crippen LogP contribution in [-0.2, 0) is 10.0 Å². The maximum absolute atomic E-state index is 13.2. The molecule has 7 nitrogen and oxygen atoms in total. The van der Waals surface area contributed by atoms with Gasteiger partial charge in [-0.2, -0.15) is 4.31 Å². The van der Waals surface area contributed by atoms with Gasteiger partial charge in [0.2, 0.25) is 10.0 Å². The van der Waals surface area contributed by atoms with Gasteiger partial charge in [0, 0.05) is 38.8 Å². The van der Waals surface area contributed by atoms with Gasteiger partial charge in [0.15, 0.2) is 0 Å². The molecule has 3 rings (SSSR count). The summed E-state index contributed by atoms with van der Waals surface area (Å²) >= 11 is 0. The summed E-state index contributed by atoms with van der Waals surface area (Å²) in [5.41, 5.74) is 0.981. The first-order valence-electron chi connectivity index (χ1n) is 9.96. The molecule has 2 atom stereocenters. The zero-order valence-corrected chi connectivity index (χ0v) is 17.8. The minimum atomic E-state index is -3.65. The number of aliphatic hydroxyl groups excluding tert-OH is 1. The van der Waals surface area contributed by atoms with Crippen LogP contribution in [0.25, 0.3) is 0 Å². The molecule has 2 aliphatic rings. The van der Waals surface area contributed by atoms with Crippen LogP contribution in [0.3, 0.4) is 0 Å². The predicted molar refractivity (Wildman–Crippen MR) is 108 cm³/mol. The van der Waals surface area contributed by atoms with E-state index in [-0.39, 0.29) is 16.8 Å². The largest absolute Gasteiger partial charge is 0.391 e. The summed E-state index contributed by atoms with van der Waals surface area (Å²) in [7, 11) is 0.0198. The number of likely N-dealkylation sites (N-methyl/N-ethyl adjacent to an activating group) is 2. The van der Waals surface area contributed by atoms with Crippen molar-refractivity contribution < 1.29 is 18.3 Å². The van der Waals surface area contributed by atoms with Gasteiger partial charge < -0.3 is 14.9 Å². The van der Waals surface area contributed by atoms with Gasteiger partial charge in [0.05, 0.1) is 17.0 Å². The number of nitrogens with zero attached hydrogens (tertiary/aromatic N) is 3. The molecule has 1 aliphatic carbocycles. The Morgan fingerprint density at radius 3 is 2.43 bits per heavy atom. The second-order valence-corrected chi connectivity index (χ2v) is 9.93. The SMILES string of the molecule is Cc1ccc(C(=O)N(C)[C@@H]2CCCC[C@H]2O)cc1S(=O)(=O)N1CCN(C)CC1. The minimum Gasteiger partial charge on any atom is -0.391 e. The minimum absolute atomic E-state index is 0.195. The van der Waals surface area contributed by atoms with E-state index in [0.29, 0.717) is 43.7 Å². The Morgan fingerprint density at radius 1 is 1.14 bits per heavy atom. The summed E-state index contributed by atoms with van der Waals surface area (Å²) < 4.78 is 27.8. The van der Waals surface area contributed by atoms with Crippen molar-refractivity contribution in [3.05, 3.63) is 29.3 Å². The Balaban J connectivity index is 1.85. The summed E-state index contributed by atoms with van der Waals surface area (Å²) in [5, 5.41) is 10.3. The highest BCUT2D eigenvalue weighted by Gasteiger charge is 2.32. The van der Waals surface area contributed by atoms with Crippen molar-refractivity contribution in [1.29, 1.82) is 0 Å². The van der Waals surface area contributed by atoms with E-state index in [4.69, 9.17) is 0 Å². The van der Waals surface area contributed by atoms with Crippen LogP contribution < -0.4 is 0 Å². The molecule has 1 N–H and O–H groups in total. The molecule has 156 valence electrons. The molecular formula is C20H31N3O4S. The highest BCUT2D eigenvalue weighted by molar-refractivity contribution is 7.89. The molecule has 1 aromatic carbocycles. The van der Waals surface area contributed by atoms with Crippen LogP contribution >= 0.6 is 0 Å². The van der Waals surface area contributed by atoms with Crippen LogP contribution in [0.1, 0.15) is 41.6 Å². The molecule has 0 spiro atoms. The van der Waals surface area contributed by atoms with Crippen LogP contribution in [0.15, 0.2) is 23.1 Å². The number of hydrogen-bond acceptors (Lipinski definition) is 5. The van der Waals surface area contributed by atoms with E-state index in [2.05, 4.69) is 4.90 Å². The number of sulfonamides is 1. The second-order valence-electron chi connectivity index (χ2n) is 8.02. The first-order chi connectivity index (χ1) is 13.2. The number of carbonyl (C=O) groups is 1. The first kappa shape index (κ1) is 21.2. The molecule has 8 heteroatoms. The molecule has 1 saturated heterocycles. The number of aryl methyl sites for hydroxylation is 1. The van der Waals surface area contributed by atoms with Crippen LogP contribution in [0.5, 0.6) is 0 Å². The van der Waals surface area contributed by atoms with Crippen molar-refractivity contribution in [1.82, 2.24) is 14.1 Å². The molecule has 1 aromatic rings. The Labute approximate surface area is 168 Å². The van der Waals surface area contributed by atoms with Gasteiger partial charge in [-0.1, -0.05) is 18.9 Å². The van der Waals surface area contributed by atoms with Crippen molar-refractivity contribution in [2.45, 2.75) is 49.6 Å². The van der Waals surface area contributed by atoms with Gasteiger partial charge in [-0.25, -0.2) is 8.42 Å². The van der Waals surface area contributed by atoms with Crippen LogP contribution in [0.4, 0.5) is 0 Å². The summed E-state index contributed by atoms with van der Waals surface area (Å²) in [5.74, 6) is -0.249. The highest BCUT2D eigenvalue weighted by atomic mass is 32.2. The molecule has 0 unspecified atom stereocenters. The third-order valence-corrected chi connectivity index (χ3v) is 8.07. The number of hydrogen-bond donors (Lipinski definition) is 1. The van der Waals surface area contributed by atoms with Crippen LogP contribution in [-0.4, -0.2) is 86.0 Å². The van der Waals surface area contributed by atoms with E-state index in [1.807, 2.05) is 7.05 Å². The van der Waals surface area contributed by atoms with Gasteiger partial charge in [-0.05, 0) is 44.5 Å². The quantitative estimate of drug-likeness (QED) is 0.811. The fourth-order valence-electron chi connectivity index (χ4n) is 4.08. The lowest BCUT2D eigenvalue weighted by molar-refractivity contribution is 0.0268. The standard InChI is InChI=1S/C20H31N3O4S/c1-15-8-9-16(20(25)22(3)17-6-4-5-7-18(17)24)14-19(15)28(26,27)23-12-10-21(2)11-13-23/h8-9,14,17-18,24H,4-7,10-13H2,1-3H3/t17-,18-/m1/s1. The number of aliphatic hydroxyl groups is 1. The average molecular weight is 410 g/mol. The number of benzene rings is 1. The van der Waals surface area contributed by atoms with E-state index in [1.165, 1.54) is 10.4 Å². The molecule has 0 bridgehead atoms. The molecule has 28 heavy (non-hydrogen) atoms. The highest BCUT2D eigenvalue weighted by Crippen LogP contribution is 2.26. The zero-order valence-electron chi connectivity index (χ0n) is 17.0. The maximum Gasteiger partial charge on any atom is 0.253 e. The molecule has 0 aromatic heterocycles. The molecular weight excluding hydrogens is 378 g/mol. The van der Waals surface area contributed by atoms with Gasteiger partial charge in [0.1, 0.15) is 0 Å². The van der Waals surface area contributed by atoms with Crippen molar-refractivity contribution >= 4 is 15.9 Å². The first-order valence-corrected chi connectivity index (χ1v) is 11.4. The lowest BCUT2D eigenvalue weighted by atomic mass is 9.91. The summed E-state index contributed by atoms with van der Waals surface area (Å²) in [4.78, 5) is 16.9. The number of rotatable bonds is 4. The van der Waals surface area contributed by atoms with E-state index in [9.17, 15) is 18.3 Å². The Hall–Kier alpha value is -1.48. The van der Waals surface area contributed by atoms with Crippen LogP contribution in [0.2, 0.25) is 0 Å². The van der Waals surface area contributed by atoms with Gasteiger partial charge >= 0.3 is 0 Å². The lowest BCUT2D eigenvalue weighted by Crippen LogP contribution is -2.47. The van der Waals surface area contributed by atoms with Crippen molar-refractivity contribution in [3.8, 4) is 0 Å². The molecule has 1 heterocycles. The van der Waals surface area contributed by atoms with E-state index in [1.54, 1.807) is 31.0 Å². The molecule has 2 fully saturated rings. The van der Waals surface area contributed by atoms with Crippen LogP contribution in [0, 0.1) is 6.92 Å². The number of piperazine rings is 1. The Kier molecular flexibility index (Phi) is 6.44. The van der Waals surface area contributed by atoms with Crippen molar-refractivity contribution in [2.75, 3.05) is 40.3 Å². The third kappa shape index (κ3) is 4.25. The normalized spacial score (nSPS) is 24.9. The Morgan fingerprint density at radius 2 is 1.79 bits per heavy atom. The lowest BCUT2D eigenvalue weighted by Gasteiger charge is -2.35. The van der Waals surface area contributed by atoms with Crippen molar-refractivity contribution in [3.63, 3.8) is 0 Å². The fraction of sp³-hybridized carbons (Fsp3) is 0.650. The monoisotopic (exact) mass is 409 g/mol. The number of carbonyl (C=O) groups excluding carboxylic acids is 1. The average Bonchev–Trinajstić information content (AvgIpc) is 2.68. The topological polar surface area (TPSA) is 81.2 Å². The van der Waals surface area contributed by atoms with Gasteiger partial charge in [0.25, 0.3) is 5.91 Å².